The number of piperidine rings is 1. The van der Waals surface area contributed by atoms with Gasteiger partial charge in [-0.1, -0.05) is 12.0 Å². The highest BCUT2D eigenvalue weighted by molar-refractivity contribution is 5.68. The van der Waals surface area contributed by atoms with Crippen molar-refractivity contribution in [2.24, 2.45) is 0 Å². The molecule has 2 fully saturated rings. The molecule has 4 heterocycles. The number of aromatic nitrogens is 3. The van der Waals surface area contributed by atoms with E-state index in [0.717, 1.165) is 63.4 Å². The van der Waals surface area contributed by atoms with E-state index in [1.807, 2.05) is 38.7 Å². The molecule has 0 aliphatic carbocycles. The van der Waals surface area contributed by atoms with Crippen LogP contribution in [0.3, 0.4) is 0 Å². The van der Waals surface area contributed by atoms with Crippen LogP contribution < -0.4 is 10.6 Å². The van der Waals surface area contributed by atoms with Gasteiger partial charge in [0.25, 0.3) is 5.89 Å². The second-order valence-electron chi connectivity index (χ2n) is 10.2. The molecule has 10 heteroatoms. The Kier molecular flexibility index (Phi) is 6.97. The monoisotopic (exact) mass is 471 g/mol. The number of carbonyl (C=O) groups is 1. The number of aryl methyl sites for hydroxylation is 1. The molecule has 0 radical (unpaired) electrons. The van der Waals surface area contributed by atoms with Crippen molar-refractivity contribution < 1.29 is 13.9 Å². The van der Waals surface area contributed by atoms with Gasteiger partial charge in [0.05, 0.1) is 11.4 Å². The fourth-order valence-electron chi connectivity index (χ4n) is 4.98. The smallest absolute Gasteiger partial charge is 0.410 e. The van der Waals surface area contributed by atoms with E-state index in [4.69, 9.17) is 14.9 Å². The minimum absolute atomic E-state index is 0.0392. The molecular weight excluding hydrogens is 434 g/mol. The number of ether oxygens (including phenoxy) is 1. The number of hydrogen-bond donors (Lipinski definition) is 1. The summed E-state index contributed by atoms with van der Waals surface area (Å²) in [5, 5.41) is 7.65. The standard InChI is InChI=1S/C24H37N7O3/c1-6-17-15-30(20-8-7-19(26-16(20)2)21-27-28-22(25)33-21)13-14-31(17)18-9-11-29(12-10-18)23(32)34-24(3,4)5/h7-8,17-18H,6,9-15H2,1-5H3,(H2,25,28)/t17-/m0/s1. The van der Waals surface area contributed by atoms with Crippen molar-refractivity contribution in [3.63, 3.8) is 0 Å². The van der Waals surface area contributed by atoms with E-state index in [-0.39, 0.29) is 12.1 Å². The Morgan fingerprint density at radius 2 is 1.91 bits per heavy atom. The van der Waals surface area contributed by atoms with Gasteiger partial charge >= 0.3 is 12.1 Å². The number of carbonyl (C=O) groups excluding carboxylic acids is 1. The molecule has 0 aromatic carbocycles. The lowest BCUT2D eigenvalue weighted by molar-refractivity contribution is 0.00947. The van der Waals surface area contributed by atoms with Crippen LogP contribution in [-0.4, -0.2) is 81.5 Å². The first-order valence-corrected chi connectivity index (χ1v) is 12.2. The van der Waals surface area contributed by atoms with Gasteiger partial charge in [-0.05, 0) is 59.1 Å². The summed E-state index contributed by atoms with van der Waals surface area (Å²) in [6, 6.07) is 4.99. The highest BCUT2D eigenvalue weighted by Crippen LogP contribution is 2.29. The highest BCUT2D eigenvalue weighted by atomic mass is 16.6. The Bertz CT molecular complexity index is 995. The largest absolute Gasteiger partial charge is 0.444 e. The molecule has 2 aliphatic heterocycles. The summed E-state index contributed by atoms with van der Waals surface area (Å²) in [5.41, 5.74) is 7.79. The predicted octanol–water partition coefficient (Wildman–Crippen LogP) is 3.32. The van der Waals surface area contributed by atoms with Gasteiger partial charge in [0.2, 0.25) is 0 Å². The van der Waals surface area contributed by atoms with E-state index in [0.29, 0.717) is 23.7 Å². The maximum Gasteiger partial charge on any atom is 0.410 e. The van der Waals surface area contributed by atoms with Crippen LogP contribution in [-0.2, 0) is 4.74 Å². The van der Waals surface area contributed by atoms with Gasteiger partial charge in [0, 0.05) is 44.8 Å². The zero-order chi connectivity index (χ0) is 24.5. The average Bonchev–Trinajstić information content (AvgIpc) is 3.24. The molecule has 0 bridgehead atoms. The Labute approximate surface area is 201 Å². The van der Waals surface area contributed by atoms with Crippen LogP contribution >= 0.6 is 0 Å². The molecule has 0 unspecified atom stereocenters. The van der Waals surface area contributed by atoms with Gasteiger partial charge in [-0.2, -0.15) is 0 Å². The van der Waals surface area contributed by atoms with Crippen molar-refractivity contribution in [1.29, 1.82) is 0 Å². The zero-order valence-electron chi connectivity index (χ0n) is 21.0. The summed E-state index contributed by atoms with van der Waals surface area (Å²) in [7, 11) is 0. The number of likely N-dealkylation sites (tertiary alicyclic amines) is 1. The van der Waals surface area contributed by atoms with Gasteiger partial charge in [0.1, 0.15) is 11.3 Å². The predicted molar refractivity (Wildman–Crippen MR) is 131 cm³/mol. The van der Waals surface area contributed by atoms with Crippen LogP contribution in [0.5, 0.6) is 0 Å². The number of piperazine rings is 1. The second kappa shape index (κ2) is 9.77. The number of nitrogens with two attached hydrogens (primary N) is 1. The number of nitrogen functional groups attached to an aromatic ring is 1. The highest BCUT2D eigenvalue weighted by Gasteiger charge is 2.35. The van der Waals surface area contributed by atoms with Gasteiger partial charge in [-0.25, -0.2) is 9.78 Å². The van der Waals surface area contributed by atoms with Crippen LogP contribution in [0, 0.1) is 6.92 Å². The number of hydrogen-bond acceptors (Lipinski definition) is 9. The van der Waals surface area contributed by atoms with E-state index in [9.17, 15) is 4.79 Å². The Balaban J connectivity index is 1.37. The Morgan fingerprint density at radius 1 is 1.18 bits per heavy atom. The third kappa shape index (κ3) is 5.43. The summed E-state index contributed by atoms with van der Waals surface area (Å²) >= 11 is 0. The third-order valence-electron chi connectivity index (χ3n) is 6.64. The molecule has 2 saturated heterocycles. The quantitative estimate of drug-likeness (QED) is 0.717. The molecule has 2 N–H and O–H groups in total. The Hall–Kier alpha value is -2.88. The lowest BCUT2D eigenvalue weighted by Crippen LogP contribution is -2.59. The lowest BCUT2D eigenvalue weighted by Gasteiger charge is -2.48. The first kappa shape index (κ1) is 24.3. The van der Waals surface area contributed by atoms with E-state index < -0.39 is 5.60 Å². The molecular formula is C24H37N7O3. The van der Waals surface area contributed by atoms with Crippen LogP contribution in [0.4, 0.5) is 16.5 Å². The number of amides is 1. The normalized spacial score (nSPS) is 20.6. The van der Waals surface area contributed by atoms with E-state index in [1.54, 1.807) is 0 Å². The van der Waals surface area contributed by atoms with Crippen LogP contribution in [0.25, 0.3) is 11.6 Å². The van der Waals surface area contributed by atoms with Crippen LogP contribution in [0.1, 0.15) is 52.7 Å². The van der Waals surface area contributed by atoms with Gasteiger partial charge in [0.15, 0.2) is 0 Å². The van der Waals surface area contributed by atoms with E-state index in [2.05, 4.69) is 38.0 Å². The average molecular weight is 472 g/mol. The molecule has 2 aliphatic rings. The van der Waals surface area contributed by atoms with Crippen LogP contribution in [0.15, 0.2) is 16.5 Å². The molecule has 2 aromatic heterocycles. The molecule has 0 saturated carbocycles. The minimum atomic E-state index is -0.457. The fourth-order valence-corrected chi connectivity index (χ4v) is 4.98. The van der Waals surface area contributed by atoms with Crippen molar-refractivity contribution in [3.8, 4) is 11.6 Å². The number of pyridine rings is 1. The Morgan fingerprint density at radius 3 is 2.50 bits per heavy atom. The molecule has 1 amide bonds. The summed E-state index contributed by atoms with van der Waals surface area (Å²) in [5.74, 6) is 0.334. The van der Waals surface area contributed by atoms with E-state index >= 15 is 0 Å². The van der Waals surface area contributed by atoms with Crippen molar-refractivity contribution in [2.75, 3.05) is 43.4 Å². The first-order valence-electron chi connectivity index (χ1n) is 12.2. The number of anilines is 2. The summed E-state index contributed by atoms with van der Waals surface area (Å²) in [4.78, 5) is 24.0. The van der Waals surface area contributed by atoms with Crippen molar-refractivity contribution in [3.05, 3.63) is 17.8 Å². The second-order valence-corrected chi connectivity index (χ2v) is 10.2. The molecule has 34 heavy (non-hydrogen) atoms. The third-order valence-corrected chi connectivity index (χ3v) is 6.64. The molecule has 1 atom stereocenters. The topological polar surface area (TPSA) is 114 Å². The maximum absolute atomic E-state index is 12.4. The molecule has 186 valence electrons. The van der Waals surface area contributed by atoms with Gasteiger partial charge in [-0.15, -0.1) is 5.10 Å². The minimum Gasteiger partial charge on any atom is -0.444 e. The summed E-state index contributed by atoms with van der Waals surface area (Å²) < 4.78 is 10.9. The van der Waals surface area contributed by atoms with Crippen molar-refractivity contribution in [2.45, 2.75) is 71.6 Å². The zero-order valence-corrected chi connectivity index (χ0v) is 21.0. The molecule has 4 rings (SSSR count). The summed E-state index contributed by atoms with van der Waals surface area (Å²) in [6.07, 6.45) is 2.85. The van der Waals surface area contributed by atoms with Gasteiger partial charge in [-0.3, -0.25) is 4.90 Å². The number of nitrogens with zero attached hydrogens (tertiary/aromatic N) is 6. The SMILES string of the molecule is CC[C@H]1CN(c2ccc(-c3nnc(N)o3)nc2C)CCN1C1CCN(C(=O)OC(C)(C)C)CC1. The molecule has 10 nitrogen and oxygen atoms in total. The maximum atomic E-state index is 12.4. The van der Waals surface area contributed by atoms with Crippen LogP contribution in [0.2, 0.25) is 0 Å². The van der Waals surface area contributed by atoms with Crippen molar-refractivity contribution in [1.82, 2.24) is 25.0 Å². The van der Waals surface area contributed by atoms with Gasteiger partial charge < -0.3 is 24.7 Å². The van der Waals surface area contributed by atoms with E-state index in [1.165, 1.54) is 0 Å². The number of rotatable bonds is 4. The first-order chi connectivity index (χ1) is 16.1. The summed E-state index contributed by atoms with van der Waals surface area (Å²) in [6.45, 7) is 14.4. The fraction of sp³-hybridized carbons (Fsp3) is 0.667. The molecule has 2 aromatic rings. The lowest BCUT2D eigenvalue weighted by atomic mass is 9.98. The van der Waals surface area contributed by atoms with Crippen molar-refractivity contribution >= 4 is 17.8 Å². The molecule has 0 spiro atoms.